The van der Waals surface area contributed by atoms with Crippen molar-refractivity contribution in [3.63, 3.8) is 0 Å². The molecule has 0 aromatic carbocycles. The summed E-state index contributed by atoms with van der Waals surface area (Å²) in [7, 11) is 3.68. The van der Waals surface area contributed by atoms with Crippen molar-refractivity contribution in [2.75, 3.05) is 14.1 Å². The maximum absolute atomic E-state index is 11.5. The van der Waals surface area contributed by atoms with Crippen LogP contribution >= 0.6 is 0 Å². The van der Waals surface area contributed by atoms with Gasteiger partial charge in [0, 0.05) is 20.0 Å². The van der Waals surface area contributed by atoms with E-state index in [2.05, 4.69) is 6.92 Å². The largest absolute Gasteiger partial charge is 0.349 e. The highest BCUT2D eigenvalue weighted by molar-refractivity contribution is 5.78. The van der Waals surface area contributed by atoms with Gasteiger partial charge in [-0.2, -0.15) is 0 Å². The number of carbonyl (C=O) groups excluding carboxylic acids is 1. The van der Waals surface area contributed by atoms with Crippen LogP contribution in [0.1, 0.15) is 26.2 Å². The van der Waals surface area contributed by atoms with E-state index in [1.165, 1.54) is 12.8 Å². The van der Waals surface area contributed by atoms with E-state index >= 15 is 0 Å². The van der Waals surface area contributed by atoms with Crippen LogP contribution in [0.15, 0.2) is 0 Å². The van der Waals surface area contributed by atoms with Gasteiger partial charge in [0.2, 0.25) is 5.91 Å². The molecule has 0 spiro atoms. The summed E-state index contributed by atoms with van der Waals surface area (Å²) >= 11 is 0. The minimum absolute atomic E-state index is 0.310. The van der Waals surface area contributed by atoms with Gasteiger partial charge in [-0.15, -0.1) is 0 Å². The third kappa shape index (κ3) is 1.95. The summed E-state index contributed by atoms with van der Waals surface area (Å²) in [4.78, 5) is 13.2. The Hall–Kier alpha value is -0.530. The molecule has 2 heteroatoms. The van der Waals surface area contributed by atoms with Crippen LogP contribution in [0.25, 0.3) is 0 Å². The van der Waals surface area contributed by atoms with Crippen molar-refractivity contribution in [1.82, 2.24) is 4.90 Å². The van der Waals surface area contributed by atoms with Crippen molar-refractivity contribution in [3.05, 3.63) is 0 Å². The van der Waals surface area contributed by atoms with Crippen LogP contribution in [0.2, 0.25) is 0 Å². The Morgan fingerprint density at radius 2 is 2.09 bits per heavy atom. The van der Waals surface area contributed by atoms with Crippen LogP contribution in [-0.4, -0.2) is 24.9 Å². The first-order valence-electron chi connectivity index (χ1n) is 4.38. The number of nitrogens with zero attached hydrogens (tertiary/aromatic N) is 1. The summed E-state index contributed by atoms with van der Waals surface area (Å²) in [6.45, 7) is 2.10. The van der Waals surface area contributed by atoms with E-state index in [9.17, 15) is 4.79 Å². The summed E-state index contributed by atoms with van der Waals surface area (Å²) in [6.07, 6.45) is 3.53. The first-order chi connectivity index (χ1) is 5.16. The van der Waals surface area contributed by atoms with E-state index in [0.717, 1.165) is 6.42 Å². The van der Waals surface area contributed by atoms with Crippen molar-refractivity contribution in [3.8, 4) is 0 Å². The molecule has 1 saturated carbocycles. The molecular weight excluding hydrogens is 138 g/mol. The summed E-state index contributed by atoms with van der Waals surface area (Å²) in [6, 6.07) is 0. The maximum Gasteiger partial charge on any atom is 0.225 e. The van der Waals surface area contributed by atoms with Gasteiger partial charge in [0.1, 0.15) is 0 Å². The molecule has 0 radical (unpaired) electrons. The molecule has 1 aliphatic carbocycles. The minimum atomic E-state index is 0.310. The number of hydrogen-bond acceptors (Lipinski definition) is 1. The molecule has 0 saturated heterocycles. The molecule has 2 nitrogen and oxygen atoms in total. The third-order valence-corrected chi connectivity index (χ3v) is 2.39. The molecule has 0 aliphatic heterocycles. The lowest BCUT2D eigenvalue weighted by Gasteiger charge is -2.18. The number of carbonyl (C=O) groups is 1. The predicted octanol–water partition coefficient (Wildman–Crippen LogP) is 1.51. The lowest BCUT2D eigenvalue weighted by Crippen LogP contribution is -2.30. The Bertz CT molecular complexity index is 150. The van der Waals surface area contributed by atoms with Gasteiger partial charge in [-0.05, 0) is 25.2 Å². The van der Waals surface area contributed by atoms with E-state index in [1.807, 2.05) is 14.1 Å². The van der Waals surface area contributed by atoms with Gasteiger partial charge in [0.25, 0.3) is 0 Å². The molecule has 0 N–H and O–H groups in total. The molecule has 64 valence electrons. The van der Waals surface area contributed by atoms with Gasteiger partial charge in [0.15, 0.2) is 0 Å². The number of amides is 1. The Balaban J connectivity index is 2.46. The second kappa shape index (κ2) is 3.24. The molecule has 0 bridgehead atoms. The predicted molar refractivity (Wildman–Crippen MR) is 45.2 cm³/mol. The molecule has 0 heterocycles. The lowest BCUT2D eigenvalue weighted by molar-refractivity contribution is -0.133. The standard InChI is InChI=1S/C9H17NO/c1-4-8(7-5-6-7)9(11)10(2)3/h7-8H,4-6H2,1-3H3/t8-/m0/s1. The quantitative estimate of drug-likeness (QED) is 0.605. The van der Waals surface area contributed by atoms with Crippen molar-refractivity contribution >= 4 is 5.91 Å². The Labute approximate surface area is 68.6 Å². The van der Waals surface area contributed by atoms with Crippen LogP contribution in [-0.2, 0) is 4.79 Å². The number of rotatable bonds is 3. The summed E-state index contributed by atoms with van der Waals surface area (Å²) in [5, 5.41) is 0. The topological polar surface area (TPSA) is 20.3 Å². The molecule has 1 rings (SSSR count). The van der Waals surface area contributed by atoms with Gasteiger partial charge in [-0.25, -0.2) is 0 Å². The third-order valence-electron chi connectivity index (χ3n) is 2.39. The molecule has 1 amide bonds. The van der Waals surface area contributed by atoms with Crippen molar-refractivity contribution in [1.29, 1.82) is 0 Å². The fourth-order valence-corrected chi connectivity index (χ4v) is 1.54. The van der Waals surface area contributed by atoms with Crippen LogP contribution in [0, 0.1) is 11.8 Å². The molecule has 0 unspecified atom stereocenters. The average Bonchev–Trinajstić information content (AvgIpc) is 2.72. The summed E-state index contributed by atoms with van der Waals surface area (Å²) in [5.41, 5.74) is 0. The fraction of sp³-hybridized carbons (Fsp3) is 0.889. The van der Waals surface area contributed by atoms with Crippen LogP contribution < -0.4 is 0 Å². The summed E-state index contributed by atoms with van der Waals surface area (Å²) in [5.74, 6) is 1.33. The molecule has 11 heavy (non-hydrogen) atoms. The molecular formula is C9H17NO. The lowest BCUT2D eigenvalue weighted by atomic mass is 9.99. The van der Waals surface area contributed by atoms with Gasteiger partial charge in [-0.1, -0.05) is 6.92 Å². The smallest absolute Gasteiger partial charge is 0.225 e. The minimum Gasteiger partial charge on any atom is -0.349 e. The van der Waals surface area contributed by atoms with E-state index in [4.69, 9.17) is 0 Å². The molecule has 1 atom stereocenters. The van der Waals surface area contributed by atoms with Crippen LogP contribution in [0.5, 0.6) is 0 Å². The second-order valence-corrected chi connectivity index (χ2v) is 3.58. The highest BCUT2D eigenvalue weighted by Crippen LogP contribution is 2.39. The Morgan fingerprint density at radius 1 is 1.55 bits per heavy atom. The van der Waals surface area contributed by atoms with Crippen LogP contribution in [0.3, 0.4) is 0 Å². The number of hydrogen-bond donors (Lipinski definition) is 0. The van der Waals surface area contributed by atoms with E-state index in [-0.39, 0.29) is 0 Å². The zero-order valence-electron chi connectivity index (χ0n) is 7.63. The molecule has 1 aliphatic rings. The molecule has 0 aromatic heterocycles. The zero-order chi connectivity index (χ0) is 8.43. The molecule has 1 fully saturated rings. The first kappa shape index (κ1) is 8.57. The van der Waals surface area contributed by atoms with Crippen molar-refractivity contribution in [2.45, 2.75) is 26.2 Å². The van der Waals surface area contributed by atoms with E-state index in [1.54, 1.807) is 4.90 Å². The average molecular weight is 155 g/mol. The van der Waals surface area contributed by atoms with E-state index in [0.29, 0.717) is 17.7 Å². The normalized spacial score (nSPS) is 19.5. The zero-order valence-corrected chi connectivity index (χ0v) is 7.63. The monoisotopic (exact) mass is 155 g/mol. The Kier molecular flexibility index (Phi) is 2.53. The van der Waals surface area contributed by atoms with Gasteiger partial charge in [0.05, 0.1) is 0 Å². The van der Waals surface area contributed by atoms with Crippen molar-refractivity contribution in [2.24, 2.45) is 11.8 Å². The molecule has 0 aromatic rings. The highest BCUT2D eigenvalue weighted by Gasteiger charge is 2.35. The van der Waals surface area contributed by atoms with Crippen LogP contribution in [0.4, 0.5) is 0 Å². The van der Waals surface area contributed by atoms with Gasteiger partial charge < -0.3 is 4.90 Å². The second-order valence-electron chi connectivity index (χ2n) is 3.58. The van der Waals surface area contributed by atoms with E-state index < -0.39 is 0 Å². The summed E-state index contributed by atoms with van der Waals surface area (Å²) < 4.78 is 0. The SMILES string of the molecule is CC[C@H](C(=O)N(C)C)C1CC1. The maximum atomic E-state index is 11.5. The Morgan fingerprint density at radius 3 is 2.36 bits per heavy atom. The van der Waals surface area contributed by atoms with Crippen molar-refractivity contribution < 1.29 is 4.79 Å². The van der Waals surface area contributed by atoms with Gasteiger partial charge >= 0.3 is 0 Å². The first-order valence-corrected chi connectivity index (χ1v) is 4.38. The highest BCUT2D eigenvalue weighted by atomic mass is 16.2. The van der Waals surface area contributed by atoms with Gasteiger partial charge in [-0.3, -0.25) is 4.79 Å². The fourth-order valence-electron chi connectivity index (χ4n) is 1.54.